The highest BCUT2D eigenvalue weighted by Crippen LogP contribution is 2.25. The van der Waals surface area contributed by atoms with Gasteiger partial charge in [0.25, 0.3) is 5.91 Å². The summed E-state index contributed by atoms with van der Waals surface area (Å²) < 4.78 is 32.5. The average molecular weight is 381 g/mol. The van der Waals surface area contributed by atoms with Crippen LogP contribution in [0.3, 0.4) is 0 Å². The third-order valence-electron chi connectivity index (χ3n) is 5.41. The number of rotatable bonds is 4. The van der Waals surface area contributed by atoms with Gasteiger partial charge in [-0.2, -0.15) is 4.31 Å². The number of carbonyl (C=O) groups excluding carboxylic acids is 1. The van der Waals surface area contributed by atoms with Crippen molar-refractivity contribution in [2.24, 2.45) is 0 Å². The van der Waals surface area contributed by atoms with Crippen molar-refractivity contribution < 1.29 is 17.9 Å². The van der Waals surface area contributed by atoms with Crippen LogP contribution in [0.25, 0.3) is 0 Å². The van der Waals surface area contributed by atoms with E-state index < -0.39 is 10.0 Å². The van der Waals surface area contributed by atoms with Crippen molar-refractivity contribution in [1.82, 2.24) is 9.21 Å². The summed E-state index contributed by atoms with van der Waals surface area (Å²) in [5.41, 5.74) is 1.32. The Labute approximate surface area is 156 Å². The number of likely N-dealkylation sites (tertiary alicyclic amines) is 1. The van der Waals surface area contributed by atoms with E-state index in [0.717, 1.165) is 37.8 Å². The normalized spacial score (nSPS) is 22.4. The van der Waals surface area contributed by atoms with Gasteiger partial charge in [-0.15, -0.1) is 0 Å². The van der Waals surface area contributed by atoms with Gasteiger partial charge in [0.1, 0.15) is 0 Å². The van der Waals surface area contributed by atoms with Crippen LogP contribution in [0.4, 0.5) is 0 Å². The number of hydrogen-bond acceptors (Lipinski definition) is 4. The highest BCUT2D eigenvalue weighted by molar-refractivity contribution is 7.89. The standard InChI is InChI=1S/C19H28N2O4S/c1-3-16-6-4-5-9-21(16)19(22)18-14-17(8-7-15(18)2)26(23,24)20-10-12-25-13-11-20/h7-8,14,16H,3-6,9-13H2,1-2H3/t16-/m1/s1. The first kappa shape index (κ1) is 19.3. The summed E-state index contributed by atoms with van der Waals surface area (Å²) in [4.78, 5) is 15.3. The van der Waals surface area contributed by atoms with E-state index in [1.807, 2.05) is 11.8 Å². The second kappa shape index (κ2) is 8.06. The van der Waals surface area contributed by atoms with Crippen molar-refractivity contribution in [2.75, 3.05) is 32.8 Å². The molecule has 6 nitrogen and oxygen atoms in total. The molecule has 7 heteroatoms. The molecule has 0 N–H and O–H groups in total. The molecule has 2 aliphatic rings. The topological polar surface area (TPSA) is 66.9 Å². The van der Waals surface area contributed by atoms with Gasteiger partial charge in [0.15, 0.2) is 0 Å². The minimum Gasteiger partial charge on any atom is -0.379 e. The molecule has 0 saturated carbocycles. The Bertz CT molecular complexity index is 757. The predicted octanol–water partition coefficient (Wildman–Crippen LogP) is 2.42. The molecule has 1 amide bonds. The Morgan fingerprint density at radius 1 is 1.19 bits per heavy atom. The maximum atomic E-state index is 13.1. The first-order chi connectivity index (χ1) is 12.4. The fourth-order valence-corrected chi connectivity index (χ4v) is 5.21. The van der Waals surface area contributed by atoms with E-state index in [1.54, 1.807) is 18.2 Å². The van der Waals surface area contributed by atoms with Gasteiger partial charge in [-0.3, -0.25) is 4.79 Å². The van der Waals surface area contributed by atoms with E-state index in [0.29, 0.717) is 31.9 Å². The molecule has 2 saturated heterocycles. The summed E-state index contributed by atoms with van der Waals surface area (Å²) in [6.07, 6.45) is 4.10. The first-order valence-corrected chi connectivity index (χ1v) is 10.9. The second-order valence-corrected chi connectivity index (χ2v) is 8.99. The molecule has 0 aromatic heterocycles. The van der Waals surface area contributed by atoms with E-state index in [2.05, 4.69) is 6.92 Å². The van der Waals surface area contributed by atoms with Gasteiger partial charge in [0, 0.05) is 31.2 Å². The molecular formula is C19H28N2O4S. The highest BCUT2D eigenvalue weighted by Gasteiger charge is 2.30. The quantitative estimate of drug-likeness (QED) is 0.805. The van der Waals surface area contributed by atoms with Gasteiger partial charge < -0.3 is 9.64 Å². The van der Waals surface area contributed by atoms with E-state index in [-0.39, 0.29) is 16.8 Å². The maximum absolute atomic E-state index is 13.1. The number of hydrogen-bond donors (Lipinski definition) is 0. The van der Waals surface area contributed by atoms with Gasteiger partial charge in [-0.05, 0) is 50.3 Å². The van der Waals surface area contributed by atoms with Gasteiger partial charge in [-0.1, -0.05) is 13.0 Å². The number of piperidine rings is 1. The number of carbonyl (C=O) groups is 1. The summed E-state index contributed by atoms with van der Waals surface area (Å²) in [7, 11) is -3.60. The Balaban J connectivity index is 1.91. The van der Waals surface area contributed by atoms with Crippen molar-refractivity contribution >= 4 is 15.9 Å². The predicted molar refractivity (Wildman–Crippen MR) is 99.7 cm³/mol. The van der Waals surface area contributed by atoms with Crippen LogP contribution in [0.5, 0.6) is 0 Å². The molecule has 3 rings (SSSR count). The van der Waals surface area contributed by atoms with E-state index in [9.17, 15) is 13.2 Å². The molecule has 26 heavy (non-hydrogen) atoms. The molecule has 1 aromatic rings. The summed E-state index contributed by atoms with van der Waals surface area (Å²) >= 11 is 0. The van der Waals surface area contributed by atoms with Crippen LogP contribution < -0.4 is 0 Å². The molecule has 144 valence electrons. The van der Waals surface area contributed by atoms with E-state index >= 15 is 0 Å². The average Bonchev–Trinajstić information content (AvgIpc) is 2.68. The Morgan fingerprint density at radius 3 is 2.62 bits per heavy atom. The molecule has 2 aliphatic heterocycles. The monoisotopic (exact) mass is 380 g/mol. The lowest BCUT2D eigenvalue weighted by Crippen LogP contribution is -2.43. The van der Waals surface area contributed by atoms with Crippen LogP contribution in [0, 0.1) is 6.92 Å². The van der Waals surface area contributed by atoms with Crippen molar-refractivity contribution in [2.45, 2.75) is 50.5 Å². The van der Waals surface area contributed by atoms with Crippen LogP contribution in [0.1, 0.15) is 48.5 Å². The summed E-state index contributed by atoms with van der Waals surface area (Å²) in [5.74, 6) is -0.0481. The van der Waals surface area contributed by atoms with Crippen molar-refractivity contribution in [3.8, 4) is 0 Å². The molecular weight excluding hydrogens is 352 g/mol. The lowest BCUT2D eigenvalue weighted by molar-refractivity contribution is 0.0607. The smallest absolute Gasteiger partial charge is 0.254 e. The first-order valence-electron chi connectivity index (χ1n) is 9.44. The van der Waals surface area contributed by atoms with Gasteiger partial charge in [0.05, 0.1) is 18.1 Å². The van der Waals surface area contributed by atoms with E-state index in [1.165, 1.54) is 4.31 Å². The zero-order chi connectivity index (χ0) is 18.7. The number of nitrogens with zero attached hydrogens (tertiary/aromatic N) is 2. The van der Waals surface area contributed by atoms with Crippen LogP contribution in [-0.4, -0.2) is 62.4 Å². The molecule has 0 aliphatic carbocycles. The fraction of sp³-hybridized carbons (Fsp3) is 0.632. The third kappa shape index (κ3) is 3.80. The maximum Gasteiger partial charge on any atom is 0.254 e. The second-order valence-electron chi connectivity index (χ2n) is 7.05. The summed E-state index contributed by atoms with van der Waals surface area (Å²) in [6, 6.07) is 5.15. The lowest BCUT2D eigenvalue weighted by Gasteiger charge is -2.35. The number of amides is 1. The van der Waals surface area contributed by atoms with Gasteiger partial charge >= 0.3 is 0 Å². The summed E-state index contributed by atoms with van der Waals surface area (Å²) in [6.45, 7) is 6.22. The number of ether oxygens (including phenoxy) is 1. The van der Waals surface area contributed by atoms with E-state index in [4.69, 9.17) is 4.74 Å². The molecule has 0 unspecified atom stereocenters. The van der Waals surface area contributed by atoms with Crippen LogP contribution in [-0.2, 0) is 14.8 Å². The molecule has 0 bridgehead atoms. The fourth-order valence-electron chi connectivity index (χ4n) is 3.78. The number of morpholine rings is 1. The summed E-state index contributed by atoms with van der Waals surface area (Å²) in [5, 5.41) is 0. The lowest BCUT2D eigenvalue weighted by atomic mass is 9.98. The molecule has 2 fully saturated rings. The zero-order valence-electron chi connectivity index (χ0n) is 15.6. The zero-order valence-corrected chi connectivity index (χ0v) is 16.4. The van der Waals surface area contributed by atoms with Crippen LogP contribution in [0.15, 0.2) is 23.1 Å². The Kier molecular flexibility index (Phi) is 5.99. The molecule has 0 spiro atoms. The van der Waals surface area contributed by atoms with Crippen molar-refractivity contribution in [1.29, 1.82) is 0 Å². The minimum atomic E-state index is -3.60. The molecule has 2 heterocycles. The van der Waals surface area contributed by atoms with Crippen LogP contribution >= 0.6 is 0 Å². The SMILES string of the molecule is CC[C@@H]1CCCCN1C(=O)c1cc(S(=O)(=O)N2CCOCC2)ccc1C. The Morgan fingerprint density at radius 2 is 1.92 bits per heavy atom. The minimum absolute atomic E-state index is 0.0481. The van der Waals surface area contributed by atoms with Gasteiger partial charge in [0.2, 0.25) is 10.0 Å². The highest BCUT2D eigenvalue weighted by atomic mass is 32.2. The van der Waals surface area contributed by atoms with Crippen molar-refractivity contribution in [3.63, 3.8) is 0 Å². The van der Waals surface area contributed by atoms with Crippen molar-refractivity contribution in [3.05, 3.63) is 29.3 Å². The largest absolute Gasteiger partial charge is 0.379 e. The Hall–Kier alpha value is -1.44. The molecule has 0 radical (unpaired) electrons. The molecule has 1 aromatic carbocycles. The number of benzene rings is 1. The third-order valence-corrected chi connectivity index (χ3v) is 7.30. The number of sulfonamides is 1. The van der Waals surface area contributed by atoms with Crippen LogP contribution in [0.2, 0.25) is 0 Å². The van der Waals surface area contributed by atoms with Gasteiger partial charge in [-0.25, -0.2) is 8.42 Å². The molecule has 1 atom stereocenters. The number of aryl methyl sites for hydroxylation is 1.